The predicted molar refractivity (Wildman–Crippen MR) is 126 cm³/mol. The fourth-order valence-corrected chi connectivity index (χ4v) is 2.96. The van der Waals surface area contributed by atoms with Gasteiger partial charge in [-0.1, -0.05) is 54.6 Å². The minimum Gasteiger partial charge on any atom is -0.384 e. The number of rotatable bonds is 6. The van der Waals surface area contributed by atoms with Crippen molar-refractivity contribution in [1.82, 2.24) is 15.6 Å². The van der Waals surface area contributed by atoms with Gasteiger partial charge >= 0.3 is 0 Å². The van der Waals surface area contributed by atoms with Crippen LogP contribution in [0.2, 0.25) is 0 Å². The minimum atomic E-state index is -0.988. The molecule has 0 saturated carbocycles. The van der Waals surface area contributed by atoms with Gasteiger partial charge in [0, 0.05) is 18.1 Å². The number of nitrogens with zero attached hydrogens (tertiary/aromatic N) is 2. The molecule has 6 heteroatoms. The third kappa shape index (κ3) is 5.65. The first-order chi connectivity index (χ1) is 13.1. The molecule has 28 heavy (non-hydrogen) atoms. The van der Waals surface area contributed by atoms with Gasteiger partial charge in [-0.2, -0.15) is 0 Å². The summed E-state index contributed by atoms with van der Waals surface area (Å²) in [5, 5.41) is 18.4. The van der Waals surface area contributed by atoms with Crippen LogP contribution in [0, 0.1) is 0 Å². The molecule has 0 saturated heterocycles. The summed E-state index contributed by atoms with van der Waals surface area (Å²) < 4.78 is 0. The lowest BCUT2D eigenvalue weighted by molar-refractivity contribution is 0.0617. The molecule has 0 aliphatic heterocycles. The molecule has 3 aromatic rings. The zero-order valence-electron chi connectivity index (χ0n) is 16.2. The fraction of sp³-hybridized carbons (Fsp3) is 0.273. The minimum absolute atomic E-state index is 0. The van der Waals surface area contributed by atoms with Crippen LogP contribution in [0.3, 0.4) is 0 Å². The molecule has 0 amide bonds. The first-order valence-electron chi connectivity index (χ1n) is 9.23. The summed E-state index contributed by atoms with van der Waals surface area (Å²) in [5.41, 5.74) is 1.92. The Balaban J connectivity index is 0.00000280. The number of aliphatic imine (C=N–C) groups is 1. The zero-order chi connectivity index (χ0) is 19.1. The Labute approximate surface area is 183 Å². The zero-order valence-corrected chi connectivity index (χ0v) is 18.6. The van der Waals surface area contributed by atoms with E-state index in [9.17, 15) is 5.11 Å². The number of fused-ring (bicyclic) bond motifs is 1. The van der Waals surface area contributed by atoms with Gasteiger partial charge in [-0.3, -0.25) is 4.98 Å². The van der Waals surface area contributed by atoms with Crippen LogP contribution in [-0.2, 0) is 12.1 Å². The Bertz CT molecular complexity index is 907. The van der Waals surface area contributed by atoms with Gasteiger partial charge in [0.2, 0.25) is 0 Å². The molecule has 148 valence electrons. The highest BCUT2D eigenvalue weighted by Crippen LogP contribution is 2.19. The molecule has 2 aromatic carbocycles. The molecule has 3 rings (SSSR count). The van der Waals surface area contributed by atoms with E-state index in [0.29, 0.717) is 19.0 Å². The average Bonchev–Trinajstić information content (AvgIpc) is 2.71. The SMILES string of the molecule is CCNC(=NCc1cccc2cccnc12)NCC(C)(O)c1ccccc1.I. The lowest BCUT2D eigenvalue weighted by Crippen LogP contribution is -2.44. The summed E-state index contributed by atoms with van der Waals surface area (Å²) in [5.74, 6) is 0.668. The molecule has 1 unspecified atom stereocenters. The van der Waals surface area contributed by atoms with Crippen LogP contribution < -0.4 is 10.6 Å². The second-order valence-electron chi connectivity index (χ2n) is 6.68. The number of benzene rings is 2. The largest absolute Gasteiger partial charge is 0.384 e. The number of pyridine rings is 1. The van der Waals surface area contributed by atoms with E-state index in [1.54, 1.807) is 13.1 Å². The normalized spacial score (nSPS) is 13.5. The number of hydrogen-bond donors (Lipinski definition) is 3. The van der Waals surface area contributed by atoms with Gasteiger partial charge < -0.3 is 15.7 Å². The summed E-state index contributed by atoms with van der Waals surface area (Å²) >= 11 is 0. The van der Waals surface area contributed by atoms with E-state index >= 15 is 0 Å². The van der Waals surface area contributed by atoms with Crippen molar-refractivity contribution in [2.75, 3.05) is 13.1 Å². The topological polar surface area (TPSA) is 69.5 Å². The average molecular weight is 490 g/mol. The quantitative estimate of drug-likeness (QED) is 0.279. The number of para-hydroxylation sites is 1. The van der Waals surface area contributed by atoms with E-state index in [4.69, 9.17) is 0 Å². The van der Waals surface area contributed by atoms with Gasteiger partial charge in [-0.15, -0.1) is 24.0 Å². The molecule has 0 bridgehead atoms. The summed E-state index contributed by atoms with van der Waals surface area (Å²) in [4.78, 5) is 9.15. The van der Waals surface area contributed by atoms with Gasteiger partial charge in [-0.05, 0) is 31.0 Å². The smallest absolute Gasteiger partial charge is 0.191 e. The van der Waals surface area contributed by atoms with Gasteiger partial charge in [0.1, 0.15) is 5.60 Å². The summed E-state index contributed by atoms with van der Waals surface area (Å²) in [6.07, 6.45) is 1.80. The molecule has 5 nitrogen and oxygen atoms in total. The van der Waals surface area contributed by atoms with E-state index < -0.39 is 5.60 Å². The Kier molecular flexibility index (Phi) is 8.19. The van der Waals surface area contributed by atoms with Crippen molar-refractivity contribution in [3.8, 4) is 0 Å². The number of halogens is 1. The van der Waals surface area contributed by atoms with Crippen LogP contribution in [0.15, 0.2) is 71.9 Å². The number of aromatic nitrogens is 1. The van der Waals surface area contributed by atoms with Crippen molar-refractivity contribution in [3.63, 3.8) is 0 Å². The maximum atomic E-state index is 10.8. The van der Waals surface area contributed by atoms with Crippen LogP contribution in [-0.4, -0.2) is 29.1 Å². The Morgan fingerprint density at radius 2 is 1.79 bits per heavy atom. The van der Waals surface area contributed by atoms with Crippen molar-refractivity contribution in [2.24, 2.45) is 4.99 Å². The number of aliphatic hydroxyl groups is 1. The predicted octanol–water partition coefficient (Wildman–Crippen LogP) is 3.82. The van der Waals surface area contributed by atoms with Gasteiger partial charge in [0.15, 0.2) is 5.96 Å². The second kappa shape index (κ2) is 10.4. The molecule has 3 N–H and O–H groups in total. The maximum Gasteiger partial charge on any atom is 0.191 e. The number of hydrogen-bond acceptors (Lipinski definition) is 3. The van der Waals surface area contributed by atoms with Gasteiger partial charge in [0.25, 0.3) is 0 Å². The molecule has 0 aliphatic rings. The monoisotopic (exact) mass is 490 g/mol. The first-order valence-corrected chi connectivity index (χ1v) is 9.23. The molecule has 0 radical (unpaired) electrons. The van der Waals surface area contributed by atoms with Crippen LogP contribution in [0.4, 0.5) is 0 Å². The molecule has 0 spiro atoms. The van der Waals surface area contributed by atoms with Crippen LogP contribution in [0.1, 0.15) is 25.0 Å². The highest BCUT2D eigenvalue weighted by molar-refractivity contribution is 14.0. The Morgan fingerprint density at radius 1 is 1.04 bits per heavy atom. The van der Waals surface area contributed by atoms with Crippen molar-refractivity contribution >= 4 is 40.8 Å². The lowest BCUT2D eigenvalue weighted by atomic mass is 9.96. The molecule has 1 atom stereocenters. The molecule has 1 heterocycles. The van der Waals surface area contributed by atoms with Crippen molar-refractivity contribution in [3.05, 3.63) is 78.0 Å². The summed E-state index contributed by atoms with van der Waals surface area (Å²) in [7, 11) is 0. The molecular formula is C22H27IN4O. The summed E-state index contributed by atoms with van der Waals surface area (Å²) in [6, 6.07) is 19.8. The van der Waals surface area contributed by atoms with Gasteiger partial charge in [-0.25, -0.2) is 4.99 Å². The third-order valence-corrected chi connectivity index (χ3v) is 4.46. The Hall–Kier alpha value is -2.19. The van der Waals surface area contributed by atoms with Crippen LogP contribution in [0.5, 0.6) is 0 Å². The van der Waals surface area contributed by atoms with Crippen molar-refractivity contribution in [2.45, 2.75) is 26.0 Å². The number of nitrogens with one attached hydrogen (secondary N) is 2. The summed E-state index contributed by atoms with van der Waals surface area (Å²) in [6.45, 7) is 5.43. The van der Waals surface area contributed by atoms with E-state index in [1.165, 1.54) is 0 Å². The van der Waals surface area contributed by atoms with Crippen molar-refractivity contribution in [1.29, 1.82) is 0 Å². The molecule has 0 fully saturated rings. The lowest BCUT2D eigenvalue weighted by Gasteiger charge is -2.25. The standard InChI is InChI=1S/C22H26N4O.HI/c1-3-23-21(26-16-22(2,27)19-12-5-4-6-13-19)25-15-18-10-7-9-17-11-8-14-24-20(17)18;/h4-14,27H,3,15-16H2,1-2H3,(H2,23,25,26);1H. The first kappa shape index (κ1) is 22.1. The van der Waals surface area contributed by atoms with Crippen LogP contribution in [0.25, 0.3) is 10.9 Å². The fourth-order valence-electron chi connectivity index (χ4n) is 2.96. The highest BCUT2D eigenvalue weighted by atomic mass is 127. The van der Waals surface area contributed by atoms with E-state index in [-0.39, 0.29) is 24.0 Å². The van der Waals surface area contributed by atoms with E-state index in [0.717, 1.165) is 28.6 Å². The van der Waals surface area contributed by atoms with E-state index in [2.05, 4.69) is 32.7 Å². The highest BCUT2D eigenvalue weighted by Gasteiger charge is 2.22. The van der Waals surface area contributed by atoms with E-state index in [1.807, 2.05) is 55.5 Å². The van der Waals surface area contributed by atoms with Gasteiger partial charge in [0.05, 0.1) is 18.6 Å². The van der Waals surface area contributed by atoms with Crippen molar-refractivity contribution < 1.29 is 5.11 Å². The molecule has 0 aliphatic carbocycles. The van der Waals surface area contributed by atoms with Crippen LogP contribution >= 0.6 is 24.0 Å². The second-order valence-corrected chi connectivity index (χ2v) is 6.68. The Morgan fingerprint density at radius 3 is 2.54 bits per heavy atom. The maximum absolute atomic E-state index is 10.8. The third-order valence-electron chi connectivity index (χ3n) is 4.46. The molecular weight excluding hydrogens is 463 g/mol. The molecule has 1 aromatic heterocycles. The number of guanidine groups is 1.